The smallest absolute Gasteiger partial charge is 0.251 e. The third-order valence-corrected chi connectivity index (χ3v) is 5.75. The number of hydrogen-bond acceptors (Lipinski definition) is 5. The van der Waals surface area contributed by atoms with Gasteiger partial charge in [0.05, 0.1) is 19.3 Å². The third kappa shape index (κ3) is 7.86. The van der Waals surface area contributed by atoms with E-state index in [2.05, 4.69) is 28.1 Å². The van der Waals surface area contributed by atoms with E-state index in [9.17, 15) is 9.59 Å². The van der Waals surface area contributed by atoms with Crippen LogP contribution in [0.2, 0.25) is 0 Å². The second kappa shape index (κ2) is 12.6. The largest absolute Gasteiger partial charge is 0.493 e. The lowest BCUT2D eigenvalue weighted by molar-refractivity contribution is -0.114. The second-order valence-corrected chi connectivity index (χ2v) is 8.43. The maximum Gasteiger partial charge on any atom is 0.251 e. The minimum atomic E-state index is -0.177. The van der Waals surface area contributed by atoms with Crippen molar-refractivity contribution in [2.75, 3.05) is 36.9 Å². The van der Waals surface area contributed by atoms with Crippen LogP contribution in [0.4, 0.5) is 11.4 Å². The van der Waals surface area contributed by atoms with Crippen LogP contribution in [0.3, 0.4) is 0 Å². The summed E-state index contributed by atoms with van der Waals surface area (Å²) >= 11 is 0. The summed E-state index contributed by atoms with van der Waals surface area (Å²) in [6.07, 6.45) is 2.97. The minimum Gasteiger partial charge on any atom is -0.493 e. The molecule has 1 saturated heterocycles. The first-order valence-electron chi connectivity index (χ1n) is 12.0. The Morgan fingerprint density at radius 3 is 2.37 bits per heavy atom. The number of carbonyl (C=O) groups is 2. The molecule has 0 saturated carbocycles. The van der Waals surface area contributed by atoms with E-state index in [1.807, 2.05) is 42.5 Å². The Bertz CT molecular complexity index is 1080. The van der Waals surface area contributed by atoms with Crippen molar-refractivity contribution in [1.29, 1.82) is 0 Å². The van der Waals surface area contributed by atoms with Gasteiger partial charge in [0.2, 0.25) is 5.91 Å². The Kier molecular flexibility index (Phi) is 8.73. The number of amides is 2. The highest BCUT2D eigenvalue weighted by Gasteiger charge is 2.16. The molecule has 1 fully saturated rings. The third-order valence-electron chi connectivity index (χ3n) is 5.75. The van der Waals surface area contributed by atoms with Crippen LogP contribution in [0.5, 0.6) is 5.75 Å². The Morgan fingerprint density at radius 2 is 1.66 bits per heavy atom. The van der Waals surface area contributed by atoms with Crippen LogP contribution in [0.25, 0.3) is 0 Å². The average Bonchev–Trinajstić information content (AvgIpc) is 3.42. The summed E-state index contributed by atoms with van der Waals surface area (Å²) in [5.41, 5.74) is 3.25. The Balaban J connectivity index is 1.15. The molecular weight excluding hydrogens is 442 g/mol. The maximum absolute atomic E-state index is 12.3. The fraction of sp³-hybridized carbons (Fsp3) is 0.286. The van der Waals surface area contributed by atoms with Crippen molar-refractivity contribution in [1.82, 2.24) is 5.32 Å². The number of carbonyl (C=O) groups excluding carboxylic acids is 2. The van der Waals surface area contributed by atoms with E-state index >= 15 is 0 Å². The molecule has 182 valence electrons. The van der Waals surface area contributed by atoms with Gasteiger partial charge in [-0.15, -0.1) is 0 Å². The molecule has 7 heteroatoms. The van der Waals surface area contributed by atoms with E-state index in [1.54, 1.807) is 24.3 Å². The molecule has 1 aliphatic rings. The van der Waals surface area contributed by atoms with Crippen LogP contribution in [0.15, 0.2) is 78.9 Å². The predicted molar refractivity (Wildman–Crippen MR) is 137 cm³/mol. The first-order valence-corrected chi connectivity index (χ1v) is 12.0. The fourth-order valence-corrected chi connectivity index (χ4v) is 3.81. The number of nitrogens with one attached hydrogen (secondary N) is 3. The van der Waals surface area contributed by atoms with Gasteiger partial charge in [0.1, 0.15) is 5.75 Å². The van der Waals surface area contributed by atoms with Gasteiger partial charge in [-0.05, 0) is 66.9 Å². The summed E-state index contributed by atoms with van der Waals surface area (Å²) in [5, 5.41) is 8.83. The van der Waals surface area contributed by atoms with Crippen molar-refractivity contribution in [3.8, 4) is 5.75 Å². The molecule has 1 atom stereocenters. The van der Waals surface area contributed by atoms with Gasteiger partial charge in [0.15, 0.2) is 0 Å². The molecule has 0 aliphatic carbocycles. The number of rotatable bonds is 11. The zero-order chi connectivity index (χ0) is 24.3. The molecular formula is C28H31N3O4. The highest BCUT2D eigenvalue weighted by molar-refractivity contribution is 5.96. The lowest BCUT2D eigenvalue weighted by Crippen LogP contribution is -2.31. The fourth-order valence-electron chi connectivity index (χ4n) is 3.81. The number of anilines is 2. The van der Waals surface area contributed by atoms with Crippen molar-refractivity contribution >= 4 is 23.2 Å². The number of hydrogen-bond donors (Lipinski definition) is 3. The summed E-state index contributed by atoms with van der Waals surface area (Å²) in [6.45, 7) is 2.01. The minimum absolute atomic E-state index is 0.105. The molecule has 35 heavy (non-hydrogen) atoms. The first kappa shape index (κ1) is 24.3. The lowest BCUT2D eigenvalue weighted by atomic mass is 10.2. The number of benzene rings is 3. The summed E-state index contributed by atoms with van der Waals surface area (Å²) in [4.78, 5) is 24.6. The van der Waals surface area contributed by atoms with E-state index in [1.165, 1.54) is 5.56 Å². The first-order chi connectivity index (χ1) is 17.2. The van der Waals surface area contributed by atoms with Gasteiger partial charge in [-0.25, -0.2) is 0 Å². The lowest BCUT2D eigenvalue weighted by Gasteiger charge is -2.11. The SMILES string of the molecule is O=C(CNc1ccc(OCCc2ccccc2)cc1)Nc1ccc(C(=O)NCC2CCCO2)cc1. The predicted octanol–water partition coefficient (Wildman–Crippen LogP) is 4.27. The Hall–Kier alpha value is -3.84. The van der Waals surface area contributed by atoms with E-state index in [-0.39, 0.29) is 24.5 Å². The summed E-state index contributed by atoms with van der Waals surface area (Å²) in [6, 6.07) is 24.6. The molecule has 1 aliphatic heterocycles. The van der Waals surface area contributed by atoms with E-state index < -0.39 is 0 Å². The standard InChI is InChI=1S/C28H31N3O4/c32-27(31-24-10-8-22(9-11-24)28(33)30-19-26-7-4-17-34-26)20-29-23-12-14-25(15-13-23)35-18-16-21-5-2-1-3-6-21/h1-3,5-6,8-15,26,29H,4,7,16-20H2,(H,30,33)(H,31,32). The molecule has 0 spiro atoms. The molecule has 0 aromatic heterocycles. The average molecular weight is 474 g/mol. The zero-order valence-corrected chi connectivity index (χ0v) is 19.7. The monoisotopic (exact) mass is 473 g/mol. The Labute approximate surface area is 205 Å². The second-order valence-electron chi connectivity index (χ2n) is 8.43. The topological polar surface area (TPSA) is 88.7 Å². The Morgan fingerprint density at radius 1 is 0.914 bits per heavy atom. The van der Waals surface area contributed by atoms with Crippen LogP contribution in [-0.2, 0) is 16.0 Å². The molecule has 3 aromatic rings. The van der Waals surface area contributed by atoms with Crippen LogP contribution in [0, 0.1) is 0 Å². The normalized spacial score (nSPS) is 14.8. The van der Waals surface area contributed by atoms with E-state index in [0.29, 0.717) is 24.4 Å². The molecule has 1 unspecified atom stereocenters. The van der Waals surface area contributed by atoms with Gasteiger partial charge in [-0.2, -0.15) is 0 Å². The van der Waals surface area contributed by atoms with Gasteiger partial charge in [-0.1, -0.05) is 30.3 Å². The molecule has 4 rings (SSSR count). The molecule has 7 nitrogen and oxygen atoms in total. The summed E-state index contributed by atoms with van der Waals surface area (Å²) < 4.78 is 11.3. The van der Waals surface area contributed by atoms with Gasteiger partial charge in [-0.3, -0.25) is 9.59 Å². The van der Waals surface area contributed by atoms with Crippen molar-refractivity contribution in [2.24, 2.45) is 0 Å². The van der Waals surface area contributed by atoms with Crippen molar-refractivity contribution in [3.05, 3.63) is 90.0 Å². The summed E-state index contributed by atoms with van der Waals surface area (Å²) in [7, 11) is 0. The van der Waals surface area contributed by atoms with Crippen molar-refractivity contribution < 1.29 is 19.1 Å². The highest BCUT2D eigenvalue weighted by Crippen LogP contribution is 2.16. The summed E-state index contributed by atoms with van der Waals surface area (Å²) in [5.74, 6) is 0.465. The zero-order valence-electron chi connectivity index (χ0n) is 19.7. The number of ether oxygens (including phenoxy) is 2. The molecule has 0 radical (unpaired) electrons. The van der Waals surface area contributed by atoms with Gasteiger partial charge >= 0.3 is 0 Å². The van der Waals surface area contributed by atoms with Crippen LogP contribution in [0.1, 0.15) is 28.8 Å². The van der Waals surface area contributed by atoms with Crippen molar-refractivity contribution in [3.63, 3.8) is 0 Å². The molecule has 2 amide bonds. The van der Waals surface area contributed by atoms with Crippen LogP contribution in [-0.4, -0.2) is 44.2 Å². The van der Waals surface area contributed by atoms with E-state index in [4.69, 9.17) is 9.47 Å². The highest BCUT2D eigenvalue weighted by atomic mass is 16.5. The van der Waals surface area contributed by atoms with Gasteiger partial charge in [0, 0.05) is 36.5 Å². The van der Waals surface area contributed by atoms with E-state index in [0.717, 1.165) is 37.3 Å². The maximum atomic E-state index is 12.3. The molecule has 1 heterocycles. The van der Waals surface area contributed by atoms with Crippen molar-refractivity contribution in [2.45, 2.75) is 25.4 Å². The van der Waals surface area contributed by atoms with Crippen LogP contribution >= 0.6 is 0 Å². The van der Waals surface area contributed by atoms with Crippen LogP contribution < -0.4 is 20.7 Å². The molecule has 0 bridgehead atoms. The quantitative estimate of drug-likeness (QED) is 0.387. The molecule has 3 aromatic carbocycles. The molecule has 3 N–H and O–H groups in total. The van der Waals surface area contributed by atoms with Gasteiger partial charge < -0.3 is 25.4 Å². The van der Waals surface area contributed by atoms with Gasteiger partial charge in [0.25, 0.3) is 5.91 Å².